The quantitative estimate of drug-likeness (QED) is 0.450. The molecule has 7 nitrogen and oxygen atoms in total. The molecule has 7 heteroatoms. The Morgan fingerprint density at radius 1 is 1.19 bits per heavy atom. The first-order valence-electron chi connectivity index (χ1n) is 9.54. The molecule has 0 radical (unpaired) electrons. The maximum atomic E-state index is 12.1. The van der Waals surface area contributed by atoms with Crippen molar-refractivity contribution in [2.24, 2.45) is 23.5 Å². The van der Waals surface area contributed by atoms with Crippen molar-refractivity contribution in [3.63, 3.8) is 0 Å². The third kappa shape index (κ3) is 8.17. The lowest BCUT2D eigenvalue weighted by Gasteiger charge is -2.37. The van der Waals surface area contributed by atoms with Crippen LogP contribution in [-0.2, 0) is 23.9 Å². The van der Waals surface area contributed by atoms with Gasteiger partial charge in [0, 0.05) is 13.3 Å². The van der Waals surface area contributed by atoms with Crippen LogP contribution in [0.5, 0.6) is 0 Å². The Bertz CT molecular complexity index is 481. The van der Waals surface area contributed by atoms with Crippen molar-refractivity contribution in [3.05, 3.63) is 0 Å². The van der Waals surface area contributed by atoms with Crippen LogP contribution in [-0.4, -0.2) is 43.1 Å². The molecule has 3 N–H and O–H groups in total. The highest BCUT2D eigenvalue weighted by atomic mass is 16.6. The van der Waals surface area contributed by atoms with Crippen LogP contribution in [0.4, 0.5) is 0 Å². The van der Waals surface area contributed by atoms with Gasteiger partial charge in [-0.2, -0.15) is 0 Å². The van der Waals surface area contributed by atoms with Crippen molar-refractivity contribution >= 4 is 17.8 Å². The van der Waals surface area contributed by atoms with Gasteiger partial charge in [0.1, 0.15) is 12.6 Å². The van der Waals surface area contributed by atoms with Gasteiger partial charge in [0.05, 0.1) is 12.7 Å². The van der Waals surface area contributed by atoms with Crippen LogP contribution in [0, 0.1) is 17.8 Å². The molecule has 0 bridgehead atoms. The fraction of sp³-hybridized carbons (Fsp3) is 0.842. The number of esters is 1. The fourth-order valence-electron chi connectivity index (χ4n) is 3.53. The Hall–Kier alpha value is -1.63. The third-order valence-electron chi connectivity index (χ3n) is 4.96. The zero-order valence-corrected chi connectivity index (χ0v) is 16.5. The monoisotopic (exact) mass is 370 g/mol. The highest BCUT2D eigenvalue weighted by molar-refractivity contribution is 5.84. The van der Waals surface area contributed by atoms with E-state index in [9.17, 15) is 14.4 Å². The van der Waals surface area contributed by atoms with Crippen LogP contribution in [0.1, 0.15) is 59.8 Å². The van der Waals surface area contributed by atoms with Gasteiger partial charge >= 0.3 is 5.97 Å². The average Bonchev–Trinajstić information content (AvgIpc) is 2.54. The van der Waals surface area contributed by atoms with Crippen molar-refractivity contribution < 1.29 is 23.9 Å². The number of hydrogen-bond acceptors (Lipinski definition) is 5. The van der Waals surface area contributed by atoms with E-state index in [4.69, 9.17) is 15.2 Å². The zero-order valence-electron chi connectivity index (χ0n) is 16.5. The normalized spacial score (nSPS) is 24.1. The van der Waals surface area contributed by atoms with E-state index >= 15 is 0 Å². The molecular formula is C19H34N2O5. The maximum Gasteiger partial charge on any atom is 0.328 e. The topological polar surface area (TPSA) is 108 Å². The van der Waals surface area contributed by atoms with E-state index in [1.54, 1.807) is 0 Å². The van der Waals surface area contributed by atoms with Crippen LogP contribution < -0.4 is 11.1 Å². The van der Waals surface area contributed by atoms with Gasteiger partial charge in [-0.25, -0.2) is 4.79 Å². The molecule has 1 rings (SSSR count). The Morgan fingerprint density at radius 3 is 2.46 bits per heavy atom. The smallest absolute Gasteiger partial charge is 0.328 e. The number of carbonyl (C=O) groups is 3. The van der Waals surface area contributed by atoms with Crippen LogP contribution in [0.2, 0.25) is 0 Å². The van der Waals surface area contributed by atoms with Gasteiger partial charge in [-0.1, -0.05) is 27.2 Å². The molecule has 0 aromatic heterocycles. The van der Waals surface area contributed by atoms with Crippen LogP contribution in [0.15, 0.2) is 0 Å². The summed E-state index contributed by atoms with van der Waals surface area (Å²) in [4.78, 5) is 34.2. The highest BCUT2D eigenvalue weighted by Crippen LogP contribution is 2.35. The molecule has 0 aromatic carbocycles. The number of nitrogens with one attached hydrogen (secondary N) is 1. The Morgan fingerprint density at radius 2 is 1.88 bits per heavy atom. The summed E-state index contributed by atoms with van der Waals surface area (Å²) in [5.74, 6) is 0.293. The van der Waals surface area contributed by atoms with Gasteiger partial charge in [-0.05, 0) is 37.0 Å². The van der Waals surface area contributed by atoms with Gasteiger partial charge in [0.25, 0.3) is 0 Å². The number of hydrogen-bond donors (Lipinski definition) is 2. The van der Waals surface area contributed by atoms with E-state index in [1.807, 2.05) is 0 Å². The predicted molar refractivity (Wildman–Crippen MR) is 98.1 cm³/mol. The van der Waals surface area contributed by atoms with Crippen molar-refractivity contribution in [3.8, 4) is 0 Å². The first kappa shape index (κ1) is 22.4. The molecule has 3 unspecified atom stereocenters. The molecule has 150 valence electrons. The largest absolute Gasteiger partial charge is 0.462 e. The molecule has 4 atom stereocenters. The van der Waals surface area contributed by atoms with Gasteiger partial charge in [0.15, 0.2) is 0 Å². The van der Waals surface area contributed by atoms with Crippen LogP contribution in [0.3, 0.4) is 0 Å². The summed E-state index contributed by atoms with van der Waals surface area (Å²) in [6.07, 6.45) is 3.76. The molecule has 0 aromatic rings. The summed E-state index contributed by atoms with van der Waals surface area (Å²) in [5.41, 5.74) is 5.10. The van der Waals surface area contributed by atoms with Gasteiger partial charge in [-0.3, -0.25) is 9.59 Å². The summed E-state index contributed by atoms with van der Waals surface area (Å²) in [5, 5.41) is 2.49. The van der Waals surface area contributed by atoms with Crippen molar-refractivity contribution in [2.75, 3.05) is 13.2 Å². The number of primary amides is 1. The molecule has 2 amide bonds. The highest BCUT2D eigenvalue weighted by Gasteiger charge is 2.31. The Kier molecular flexibility index (Phi) is 9.62. The first-order valence-corrected chi connectivity index (χ1v) is 9.54. The minimum atomic E-state index is -0.863. The van der Waals surface area contributed by atoms with E-state index in [0.717, 1.165) is 6.42 Å². The molecule has 1 saturated carbocycles. The van der Waals surface area contributed by atoms with E-state index in [1.165, 1.54) is 19.8 Å². The number of carbonyl (C=O) groups excluding carboxylic acids is 3. The number of amides is 2. The average molecular weight is 370 g/mol. The van der Waals surface area contributed by atoms with Crippen molar-refractivity contribution in [1.82, 2.24) is 5.32 Å². The lowest BCUT2D eigenvalue weighted by atomic mass is 9.75. The standard InChI is InChI=1S/C19H34N2O5/c1-12(2)15-6-5-13(3)11-17(15)25-9-10-26-19(24)16(21-14(4)22)7-8-18(20)23/h12-13,15-17H,5-11H2,1-4H3,(H2,20,23)(H,21,22)/t13?,15?,16-,17?/m1/s1. The minimum Gasteiger partial charge on any atom is -0.462 e. The molecular weight excluding hydrogens is 336 g/mol. The van der Waals surface area contributed by atoms with E-state index in [0.29, 0.717) is 24.4 Å². The number of rotatable bonds is 10. The van der Waals surface area contributed by atoms with E-state index in [-0.39, 0.29) is 31.5 Å². The van der Waals surface area contributed by atoms with E-state index in [2.05, 4.69) is 26.1 Å². The molecule has 1 aliphatic carbocycles. The fourth-order valence-corrected chi connectivity index (χ4v) is 3.53. The summed E-state index contributed by atoms with van der Waals surface area (Å²) >= 11 is 0. The second-order valence-electron chi connectivity index (χ2n) is 7.66. The van der Waals surface area contributed by atoms with Crippen LogP contribution in [0.25, 0.3) is 0 Å². The van der Waals surface area contributed by atoms with Gasteiger partial charge in [-0.15, -0.1) is 0 Å². The zero-order chi connectivity index (χ0) is 19.7. The molecule has 0 spiro atoms. The summed E-state index contributed by atoms with van der Waals surface area (Å²) < 4.78 is 11.2. The molecule has 26 heavy (non-hydrogen) atoms. The van der Waals surface area contributed by atoms with Gasteiger partial charge < -0.3 is 20.5 Å². The summed E-state index contributed by atoms with van der Waals surface area (Å²) in [6, 6.07) is -0.863. The first-order chi connectivity index (χ1) is 12.2. The van der Waals surface area contributed by atoms with Crippen LogP contribution >= 0.6 is 0 Å². The van der Waals surface area contributed by atoms with E-state index < -0.39 is 17.9 Å². The third-order valence-corrected chi connectivity index (χ3v) is 4.96. The van der Waals surface area contributed by atoms with Crippen molar-refractivity contribution in [2.45, 2.75) is 71.9 Å². The molecule has 0 saturated heterocycles. The lowest BCUT2D eigenvalue weighted by molar-refractivity contribution is -0.151. The molecule has 1 fully saturated rings. The number of nitrogens with two attached hydrogens (primary N) is 1. The second-order valence-corrected chi connectivity index (χ2v) is 7.66. The van der Waals surface area contributed by atoms with Crippen molar-refractivity contribution in [1.29, 1.82) is 0 Å². The van der Waals surface area contributed by atoms with Gasteiger partial charge in [0.2, 0.25) is 11.8 Å². The SMILES string of the molecule is CC(=O)N[C@H](CCC(N)=O)C(=O)OCCOC1CC(C)CCC1C(C)C. The summed E-state index contributed by atoms with van der Waals surface area (Å²) in [7, 11) is 0. The Balaban J connectivity index is 2.42. The second kappa shape index (κ2) is 11.2. The molecule has 1 aliphatic rings. The molecule has 0 aliphatic heterocycles. The summed E-state index contributed by atoms with van der Waals surface area (Å²) in [6.45, 7) is 8.44. The predicted octanol–water partition coefficient (Wildman–Crippen LogP) is 1.78. The maximum absolute atomic E-state index is 12.1. The molecule has 0 heterocycles. The Labute approximate surface area is 156 Å². The minimum absolute atomic E-state index is 0.00653. The number of ether oxygens (including phenoxy) is 2. The lowest BCUT2D eigenvalue weighted by Crippen LogP contribution is -2.42.